The quantitative estimate of drug-likeness (QED) is 0.481. The van der Waals surface area contributed by atoms with Crippen molar-refractivity contribution in [2.24, 2.45) is 0 Å². The fourth-order valence-electron chi connectivity index (χ4n) is 1.66. The van der Waals surface area contributed by atoms with Crippen LogP contribution in [0.1, 0.15) is 17.4 Å². The summed E-state index contributed by atoms with van der Waals surface area (Å²) < 4.78 is 10.2. The fourth-order valence-corrected chi connectivity index (χ4v) is 2.02. The van der Waals surface area contributed by atoms with E-state index < -0.39 is 10.9 Å². The largest absolute Gasteiger partial charge is 0.461 e. The summed E-state index contributed by atoms with van der Waals surface area (Å²) in [7, 11) is 0. The lowest BCUT2D eigenvalue weighted by molar-refractivity contribution is -0.384. The number of benzene rings is 1. The number of hydrogen-bond acceptors (Lipinski definition) is 6. The van der Waals surface area contributed by atoms with Crippen LogP contribution in [0.3, 0.4) is 0 Å². The van der Waals surface area contributed by atoms with E-state index in [0.29, 0.717) is 4.47 Å². The number of carbonyl (C=O) groups is 1. The van der Waals surface area contributed by atoms with E-state index in [4.69, 9.17) is 9.26 Å². The molecule has 0 N–H and O–H groups in total. The number of hydrogen-bond donors (Lipinski definition) is 0. The highest BCUT2D eigenvalue weighted by molar-refractivity contribution is 9.10. The molecule has 0 saturated heterocycles. The Morgan fingerprint density at radius 3 is 2.90 bits per heavy atom. The molecule has 104 valence electrons. The van der Waals surface area contributed by atoms with Gasteiger partial charge in [0.25, 0.3) is 5.69 Å². The lowest BCUT2D eigenvalue weighted by Gasteiger charge is -2.03. The molecule has 0 fully saturated rings. The molecule has 0 bridgehead atoms. The van der Waals surface area contributed by atoms with Crippen molar-refractivity contribution in [3.05, 3.63) is 44.7 Å². The number of rotatable bonds is 4. The standard InChI is InChI=1S/C12H9BrN2O5/c1-2-19-12(16)11-9(6-20-14-11)8-5-7(13)3-4-10(8)15(17)18/h3-6H,2H2,1H3. The topological polar surface area (TPSA) is 95.5 Å². The average molecular weight is 341 g/mol. The first-order valence-electron chi connectivity index (χ1n) is 5.60. The van der Waals surface area contributed by atoms with Crippen LogP contribution in [0.25, 0.3) is 11.1 Å². The van der Waals surface area contributed by atoms with Crippen molar-refractivity contribution < 1.29 is 19.0 Å². The van der Waals surface area contributed by atoms with E-state index >= 15 is 0 Å². The second kappa shape index (κ2) is 5.83. The molecule has 0 saturated carbocycles. The molecule has 1 aromatic carbocycles. The van der Waals surface area contributed by atoms with Crippen LogP contribution in [0, 0.1) is 10.1 Å². The van der Waals surface area contributed by atoms with Gasteiger partial charge < -0.3 is 9.26 Å². The third kappa shape index (κ3) is 2.69. The van der Waals surface area contributed by atoms with Gasteiger partial charge in [-0.1, -0.05) is 21.1 Å². The number of ether oxygens (including phenoxy) is 1. The van der Waals surface area contributed by atoms with Crippen molar-refractivity contribution in [2.45, 2.75) is 6.92 Å². The van der Waals surface area contributed by atoms with Gasteiger partial charge in [-0.2, -0.15) is 0 Å². The first-order chi connectivity index (χ1) is 9.54. The maximum absolute atomic E-state index is 11.7. The number of nitro benzene ring substituents is 1. The molecule has 0 atom stereocenters. The third-order valence-electron chi connectivity index (χ3n) is 2.48. The monoisotopic (exact) mass is 340 g/mol. The van der Waals surface area contributed by atoms with E-state index in [-0.39, 0.29) is 29.1 Å². The van der Waals surface area contributed by atoms with Gasteiger partial charge in [-0.25, -0.2) is 4.79 Å². The number of nitrogens with zero attached hydrogens (tertiary/aromatic N) is 2. The summed E-state index contributed by atoms with van der Waals surface area (Å²) in [5.41, 5.74) is 0.208. The molecule has 2 rings (SSSR count). The first-order valence-corrected chi connectivity index (χ1v) is 6.39. The SMILES string of the molecule is CCOC(=O)c1nocc1-c1cc(Br)ccc1[N+](=O)[O-]. The molecule has 20 heavy (non-hydrogen) atoms. The molecule has 1 heterocycles. The molecule has 0 aliphatic heterocycles. The smallest absolute Gasteiger partial charge is 0.361 e. The van der Waals surface area contributed by atoms with E-state index in [1.807, 2.05) is 0 Å². The van der Waals surface area contributed by atoms with Crippen LogP contribution >= 0.6 is 15.9 Å². The van der Waals surface area contributed by atoms with Crippen molar-refractivity contribution in [2.75, 3.05) is 6.61 Å². The molecule has 0 aliphatic carbocycles. The van der Waals surface area contributed by atoms with Gasteiger partial charge in [-0.05, 0) is 19.1 Å². The molecule has 2 aromatic rings. The van der Waals surface area contributed by atoms with Crippen LogP contribution in [-0.4, -0.2) is 22.7 Å². The van der Waals surface area contributed by atoms with Crippen LogP contribution in [-0.2, 0) is 4.74 Å². The van der Waals surface area contributed by atoms with Crippen molar-refractivity contribution in [3.8, 4) is 11.1 Å². The molecule has 0 spiro atoms. The van der Waals surface area contributed by atoms with Gasteiger partial charge in [0.05, 0.1) is 22.7 Å². The summed E-state index contributed by atoms with van der Waals surface area (Å²) in [6.45, 7) is 1.82. The molecule has 0 radical (unpaired) electrons. The summed E-state index contributed by atoms with van der Waals surface area (Å²) in [5.74, 6) is -0.689. The zero-order valence-corrected chi connectivity index (χ0v) is 11.9. The zero-order valence-electron chi connectivity index (χ0n) is 10.3. The molecule has 1 aromatic heterocycles. The Bertz CT molecular complexity index is 668. The number of aromatic nitrogens is 1. The van der Waals surface area contributed by atoms with Gasteiger partial charge >= 0.3 is 5.97 Å². The van der Waals surface area contributed by atoms with E-state index in [2.05, 4.69) is 21.1 Å². The zero-order chi connectivity index (χ0) is 14.7. The lowest BCUT2D eigenvalue weighted by atomic mass is 10.0. The highest BCUT2D eigenvalue weighted by atomic mass is 79.9. The first kappa shape index (κ1) is 14.2. The normalized spacial score (nSPS) is 10.3. The van der Waals surface area contributed by atoms with Crippen LogP contribution < -0.4 is 0 Å². The maximum atomic E-state index is 11.7. The minimum atomic E-state index is -0.689. The van der Waals surface area contributed by atoms with E-state index in [9.17, 15) is 14.9 Å². The minimum Gasteiger partial charge on any atom is -0.461 e. The van der Waals surface area contributed by atoms with Crippen molar-refractivity contribution in [1.29, 1.82) is 0 Å². The number of nitro groups is 1. The molecular weight excluding hydrogens is 332 g/mol. The summed E-state index contributed by atoms with van der Waals surface area (Å²) in [6.07, 6.45) is 1.18. The number of halogens is 1. The van der Waals surface area contributed by atoms with Gasteiger partial charge in [-0.15, -0.1) is 0 Å². The Morgan fingerprint density at radius 1 is 1.50 bits per heavy atom. The summed E-state index contributed by atoms with van der Waals surface area (Å²) in [6, 6.07) is 4.40. The van der Waals surface area contributed by atoms with Gasteiger partial charge in [-0.3, -0.25) is 10.1 Å². The summed E-state index contributed by atoms with van der Waals surface area (Å²) >= 11 is 3.23. The van der Waals surface area contributed by atoms with Crippen molar-refractivity contribution in [3.63, 3.8) is 0 Å². The maximum Gasteiger partial charge on any atom is 0.361 e. The Morgan fingerprint density at radius 2 is 2.25 bits per heavy atom. The van der Waals surface area contributed by atoms with Crippen LogP contribution in [0.15, 0.2) is 33.5 Å². The van der Waals surface area contributed by atoms with Gasteiger partial charge in [0.1, 0.15) is 6.26 Å². The number of esters is 1. The Hall–Kier alpha value is -2.22. The highest BCUT2D eigenvalue weighted by Crippen LogP contribution is 2.34. The van der Waals surface area contributed by atoms with Crippen LogP contribution in [0.5, 0.6) is 0 Å². The predicted molar refractivity (Wildman–Crippen MR) is 72.2 cm³/mol. The Labute approximate surface area is 121 Å². The molecular formula is C12H9BrN2O5. The summed E-state index contributed by atoms with van der Waals surface area (Å²) in [5, 5.41) is 14.6. The lowest BCUT2D eigenvalue weighted by Crippen LogP contribution is -2.06. The average Bonchev–Trinajstić information content (AvgIpc) is 2.87. The van der Waals surface area contributed by atoms with Crippen LogP contribution in [0.2, 0.25) is 0 Å². The second-order valence-electron chi connectivity index (χ2n) is 3.72. The number of carbonyl (C=O) groups excluding carboxylic acids is 1. The van der Waals surface area contributed by atoms with E-state index in [0.717, 1.165) is 0 Å². The highest BCUT2D eigenvalue weighted by Gasteiger charge is 2.25. The van der Waals surface area contributed by atoms with Crippen molar-refractivity contribution >= 4 is 27.6 Å². The molecule has 0 aliphatic rings. The van der Waals surface area contributed by atoms with Gasteiger partial charge in [0, 0.05) is 10.5 Å². The fraction of sp³-hybridized carbons (Fsp3) is 0.167. The van der Waals surface area contributed by atoms with Gasteiger partial charge in [0.2, 0.25) is 0 Å². The minimum absolute atomic E-state index is 0.0898. The van der Waals surface area contributed by atoms with E-state index in [1.165, 1.54) is 18.4 Å². The van der Waals surface area contributed by atoms with Gasteiger partial charge in [0.15, 0.2) is 5.69 Å². The van der Waals surface area contributed by atoms with E-state index in [1.54, 1.807) is 13.0 Å². The van der Waals surface area contributed by atoms with Crippen LogP contribution in [0.4, 0.5) is 5.69 Å². The Kier molecular flexibility index (Phi) is 4.14. The molecule has 8 heteroatoms. The van der Waals surface area contributed by atoms with Crippen molar-refractivity contribution in [1.82, 2.24) is 5.16 Å². The summed E-state index contributed by atoms with van der Waals surface area (Å²) in [4.78, 5) is 22.3. The third-order valence-corrected chi connectivity index (χ3v) is 2.98. The Balaban J connectivity index is 2.57. The molecule has 0 amide bonds. The second-order valence-corrected chi connectivity index (χ2v) is 4.63. The molecule has 7 nitrogen and oxygen atoms in total. The molecule has 0 unspecified atom stereocenters. The predicted octanol–water partition coefficient (Wildman–Crippen LogP) is 3.19.